The molecule has 3 nitrogen and oxygen atoms in total. The minimum atomic E-state index is 0.849. The molecule has 0 unspecified atom stereocenters. The van der Waals surface area contributed by atoms with Crippen molar-refractivity contribution in [1.29, 1.82) is 0 Å². The molecule has 0 radical (unpaired) electrons. The largest absolute Gasteiger partial charge is 0.497 e. The Morgan fingerprint density at radius 1 is 0.870 bits per heavy atom. The van der Waals surface area contributed by atoms with Crippen LogP contribution < -0.4 is 4.74 Å². The number of hydrogen-bond donors (Lipinski definition) is 0. The van der Waals surface area contributed by atoms with Crippen molar-refractivity contribution in [3.05, 3.63) is 79.1 Å². The van der Waals surface area contributed by atoms with Crippen LogP contribution in [0.15, 0.2) is 79.1 Å². The van der Waals surface area contributed by atoms with Crippen molar-refractivity contribution in [3.8, 4) is 22.6 Å². The van der Waals surface area contributed by atoms with Gasteiger partial charge in [0.2, 0.25) is 0 Å². The van der Waals surface area contributed by atoms with Gasteiger partial charge in [0.15, 0.2) is 0 Å². The summed E-state index contributed by atoms with van der Waals surface area (Å²) in [7, 11) is 1.68. The first-order chi connectivity index (χ1) is 11.4. The summed E-state index contributed by atoms with van der Waals surface area (Å²) in [6.45, 7) is 0. The van der Waals surface area contributed by atoms with E-state index in [1.54, 1.807) is 7.11 Å². The highest BCUT2D eigenvalue weighted by molar-refractivity contribution is 5.95. The van der Waals surface area contributed by atoms with Crippen LogP contribution in [0.25, 0.3) is 27.8 Å². The molecule has 4 aromatic rings. The Bertz CT molecular complexity index is 940. The fourth-order valence-corrected chi connectivity index (χ4v) is 2.85. The summed E-state index contributed by atoms with van der Waals surface area (Å²) in [5.74, 6) is 0.849. The molecule has 2 aromatic carbocycles. The normalized spacial score (nSPS) is 10.8. The molecule has 0 amide bonds. The molecular weight excluding hydrogens is 284 g/mol. The third-order valence-corrected chi connectivity index (χ3v) is 4.00. The Labute approximate surface area is 134 Å². The van der Waals surface area contributed by atoms with E-state index >= 15 is 0 Å². The lowest BCUT2D eigenvalue weighted by atomic mass is 10.1. The molecule has 4 rings (SSSR count). The molecule has 2 aromatic heterocycles. The number of hydrogen-bond acceptors (Lipinski definition) is 2. The Balaban J connectivity index is 1.93. The monoisotopic (exact) mass is 300 g/mol. The van der Waals surface area contributed by atoms with Crippen LogP contribution in [-0.4, -0.2) is 16.7 Å². The van der Waals surface area contributed by atoms with Crippen molar-refractivity contribution in [3.63, 3.8) is 0 Å². The summed E-state index contributed by atoms with van der Waals surface area (Å²) in [5.41, 5.74) is 4.40. The number of rotatable bonds is 3. The summed E-state index contributed by atoms with van der Waals surface area (Å²) >= 11 is 0. The highest BCUT2D eigenvalue weighted by atomic mass is 16.5. The fourth-order valence-electron chi connectivity index (χ4n) is 2.85. The van der Waals surface area contributed by atoms with Gasteiger partial charge in [-0.2, -0.15) is 0 Å². The van der Waals surface area contributed by atoms with E-state index in [0.29, 0.717) is 0 Å². The van der Waals surface area contributed by atoms with Gasteiger partial charge >= 0.3 is 0 Å². The number of ether oxygens (including phenoxy) is 1. The Kier molecular flexibility index (Phi) is 3.31. The highest BCUT2D eigenvalue weighted by Gasteiger charge is 2.12. The maximum Gasteiger partial charge on any atom is 0.145 e. The first-order valence-electron chi connectivity index (χ1n) is 7.53. The molecule has 3 heteroatoms. The van der Waals surface area contributed by atoms with Gasteiger partial charge in [-0.1, -0.05) is 30.3 Å². The van der Waals surface area contributed by atoms with E-state index in [1.165, 1.54) is 11.1 Å². The van der Waals surface area contributed by atoms with Gasteiger partial charge in [-0.15, -0.1) is 0 Å². The number of nitrogens with zero attached hydrogens (tertiary/aromatic N) is 2. The molecule has 2 heterocycles. The minimum absolute atomic E-state index is 0.849. The zero-order chi connectivity index (χ0) is 15.6. The second kappa shape index (κ2) is 5.61. The van der Waals surface area contributed by atoms with Gasteiger partial charge in [0, 0.05) is 29.0 Å². The van der Waals surface area contributed by atoms with Crippen molar-refractivity contribution in [1.82, 2.24) is 9.55 Å². The van der Waals surface area contributed by atoms with Crippen molar-refractivity contribution in [2.45, 2.75) is 0 Å². The van der Waals surface area contributed by atoms with E-state index in [4.69, 9.17) is 4.74 Å². The van der Waals surface area contributed by atoms with Crippen LogP contribution in [0.4, 0.5) is 0 Å². The predicted octanol–water partition coefficient (Wildman–Crippen LogP) is 4.70. The molecule has 0 N–H and O–H groups in total. The summed E-state index contributed by atoms with van der Waals surface area (Å²) in [5, 5.41) is 1.15. The average Bonchev–Trinajstić information content (AvgIpc) is 3.02. The number of pyridine rings is 1. The number of benzene rings is 2. The molecule has 0 aliphatic rings. The van der Waals surface area contributed by atoms with E-state index < -0.39 is 0 Å². The van der Waals surface area contributed by atoms with Gasteiger partial charge in [0.1, 0.15) is 11.4 Å². The molecule has 23 heavy (non-hydrogen) atoms. The molecule has 112 valence electrons. The zero-order valence-corrected chi connectivity index (χ0v) is 12.8. The van der Waals surface area contributed by atoms with Crippen LogP contribution in [0.1, 0.15) is 0 Å². The lowest BCUT2D eigenvalue weighted by molar-refractivity contribution is 0.415. The van der Waals surface area contributed by atoms with Gasteiger partial charge in [0.25, 0.3) is 0 Å². The summed E-state index contributed by atoms with van der Waals surface area (Å²) in [6, 6.07) is 22.5. The molecule has 0 aliphatic heterocycles. The average molecular weight is 300 g/mol. The van der Waals surface area contributed by atoms with Crippen molar-refractivity contribution in [2.75, 3.05) is 7.11 Å². The second-order valence-electron chi connectivity index (χ2n) is 5.35. The minimum Gasteiger partial charge on any atom is -0.497 e. The molecule has 0 fully saturated rings. The van der Waals surface area contributed by atoms with E-state index in [2.05, 4.69) is 46.1 Å². The van der Waals surface area contributed by atoms with Crippen molar-refractivity contribution >= 4 is 11.0 Å². The third kappa shape index (κ3) is 2.36. The quantitative estimate of drug-likeness (QED) is 0.548. The Hall–Kier alpha value is -3.07. The number of methoxy groups -OCH3 is 1. The maximum atomic E-state index is 5.24. The smallest absolute Gasteiger partial charge is 0.145 e. The van der Waals surface area contributed by atoms with Crippen LogP contribution in [0.3, 0.4) is 0 Å². The fraction of sp³-hybridized carbons (Fsp3) is 0.0500. The van der Waals surface area contributed by atoms with Crippen LogP contribution in [0.2, 0.25) is 0 Å². The number of fused-ring (bicyclic) bond motifs is 1. The summed E-state index contributed by atoms with van der Waals surface area (Å²) in [4.78, 5) is 4.58. The van der Waals surface area contributed by atoms with Crippen molar-refractivity contribution in [2.24, 2.45) is 0 Å². The van der Waals surface area contributed by atoms with Gasteiger partial charge in [-0.25, -0.2) is 4.98 Å². The van der Waals surface area contributed by atoms with Gasteiger partial charge in [-0.3, -0.25) is 0 Å². The molecule has 0 atom stereocenters. The molecular formula is C20H16N2O. The van der Waals surface area contributed by atoms with Crippen molar-refractivity contribution < 1.29 is 4.74 Å². The lowest BCUT2D eigenvalue weighted by Crippen LogP contribution is -1.93. The third-order valence-electron chi connectivity index (χ3n) is 4.00. The van der Waals surface area contributed by atoms with Crippen LogP contribution in [0, 0.1) is 0 Å². The first kappa shape index (κ1) is 13.6. The standard InChI is InChI=1S/C20H16N2O/c1-23-17-11-9-16(10-12-17)22-14-19(15-6-3-2-4-7-15)18-8-5-13-21-20(18)22/h2-14H,1H3. The van der Waals surface area contributed by atoms with E-state index in [9.17, 15) is 0 Å². The molecule has 0 spiro atoms. The van der Waals surface area contributed by atoms with E-state index in [-0.39, 0.29) is 0 Å². The number of aromatic nitrogens is 2. The Morgan fingerprint density at radius 2 is 1.65 bits per heavy atom. The molecule has 0 saturated carbocycles. The zero-order valence-electron chi connectivity index (χ0n) is 12.8. The van der Waals surface area contributed by atoms with Crippen LogP contribution in [-0.2, 0) is 0 Å². The second-order valence-corrected chi connectivity index (χ2v) is 5.35. The van der Waals surface area contributed by atoms with E-state index in [1.807, 2.05) is 42.6 Å². The summed E-state index contributed by atoms with van der Waals surface area (Å²) < 4.78 is 7.36. The molecule has 0 saturated heterocycles. The molecule has 0 aliphatic carbocycles. The SMILES string of the molecule is COc1ccc(-n2cc(-c3ccccc3)c3cccnc32)cc1. The Morgan fingerprint density at radius 3 is 2.39 bits per heavy atom. The van der Waals surface area contributed by atoms with Crippen LogP contribution in [0.5, 0.6) is 5.75 Å². The van der Waals surface area contributed by atoms with Crippen LogP contribution >= 0.6 is 0 Å². The topological polar surface area (TPSA) is 27.1 Å². The molecule has 0 bridgehead atoms. The highest BCUT2D eigenvalue weighted by Crippen LogP contribution is 2.31. The van der Waals surface area contributed by atoms with Gasteiger partial charge in [0.05, 0.1) is 7.11 Å². The first-order valence-corrected chi connectivity index (χ1v) is 7.53. The summed E-state index contributed by atoms with van der Waals surface area (Å²) in [6.07, 6.45) is 3.98. The maximum absolute atomic E-state index is 5.24. The lowest BCUT2D eigenvalue weighted by Gasteiger charge is -2.05. The van der Waals surface area contributed by atoms with E-state index in [0.717, 1.165) is 22.5 Å². The predicted molar refractivity (Wildman–Crippen MR) is 93.1 cm³/mol. The van der Waals surface area contributed by atoms with Gasteiger partial charge < -0.3 is 9.30 Å². The van der Waals surface area contributed by atoms with Gasteiger partial charge in [-0.05, 0) is 42.0 Å².